The van der Waals surface area contributed by atoms with Gasteiger partial charge in [0.2, 0.25) is 5.60 Å². The largest absolute Gasteiger partial charge is 0.478 e. The summed E-state index contributed by atoms with van der Waals surface area (Å²) in [6.07, 6.45) is -7.58. The summed E-state index contributed by atoms with van der Waals surface area (Å²) in [5, 5.41) is 11.1. The van der Waals surface area contributed by atoms with Gasteiger partial charge < -0.3 is 14.7 Å². The number of ether oxygens (including phenoxy) is 1. The fraction of sp³-hybridized carbons (Fsp3) is 0.476. The molecule has 2 aromatic heterocycles. The zero-order valence-corrected chi connectivity index (χ0v) is 18.6. The number of aliphatic carboxylic acids is 1. The number of aromatic nitrogens is 1. The lowest BCUT2D eigenvalue weighted by molar-refractivity contribution is -0.166. The number of hydrogen-bond acceptors (Lipinski definition) is 5. The molecule has 1 fully saturated rings. The van der Waals surface area contributed by atoms with Crippen molar-refractivity contribution in [3.05, 3.63) is 45.9 Å². The van der Waals surface area contributed by atoms with Crippen molar-refractivity contribution in [3.63, 3.8) is 0 Å². The average molecular weight is 510 g/mol. The summed E-state index contributed by atoms with van der Waals surface area (Å²) in [5.74, 6) is -2.94. The van der Waals surface area contributed by atoms with E-state index in [0.29, 0.717) is 29.9 Å². The summed E-state index contributed by atoms with van der Waals surface area (Å²) in [7, 11) is 0. The molecule has 0 spiro atoms. The number of halogens is 6. The van der Waals surface area contributed by atoms with Gasteiger partial charge in [0.1, 0.15) is 10.6 Å². The molecule has 0 radical (unpaired) electrons. The molecule has 6 nitrogen and oxygen atoms in total. The zero-order chi connectivity index (χ0) is 25.3. The van der Waals surface area contributed by atoms with Crippen LogP contribution in [0.15, 0.2) is 29.9 Å². The summed E-state index contributed by atoms with van der Waals surface area (Å²) in [6.45, 7) is 1.63. The highest BCUT2D eigenvalue weighted by Gasteiger charge is 2.54. The van der Waals surface area contributed by atoms with E-state index in [9.17, 15) is 41.0 Å². The summed E-state index contributed by atoms with van der Waals surface area (Å²) < 4.78 is 85.1. The van der Waals surface area contributed by atoms with Crippen molar-refractivity contribution < 1.29 is 45.8 Å². The molecule has 0 aromatic carbocycles. The Morgan fingerprint density at radius 2 is 1.97 bits per heavy atom. The van der Waals surface area contributed by atoms with Crippen LogP contribution in [0, 0.1) is 0 Å². The number of rotatable bonds is 6. The molecule has 0 saturated carbocycles. The minimum absolute atomic E-state index is 0.0376. The van der Waals surface area contributed by atoms with Crippen molar-refractivity contribution in [1.29, 1.82) is 0 Å². The molecule has 3 heterocycles. The van der Waals surface area contributed by atoms with Gasteiger partial charge in [0.15, 0.2) is 0 Å². The third-order valence-electron chi connectivity index (χ3n) is 5.56. The van der Waals surface area contributed by atoms with Crippen molar-refractivity contribution in [2.75, 3.05) is 6.54 Å². The fourth-order valence-corrected chi connectivity index (χ4v) is 4.78. The maximum atomic E-state index is 13.5. The summed E-state index contributed by atoms with van der Waals surface area (Å²) in [5.41, 5.74) is -4.11. The van der Waals surface area contributed by atoms with Gasteiger partial charge in [-0.3, -0.25) is 9.78 Å². The van der Waals surface area contributed by atoms with E-state index in [1.807, 2.05) is 0 Å². The molecule has 13 heteroatoms. The molecule has 0 bridgehead atoms. The molecule has 0 aliphatic carbocycles. The number of piperidine rings is 1. The molecule has 186 valence electrons. The van der Waals surface area contributed by atoms with Crippen LogP contribution >= 0.6 is 11.3 Å². The Kier molecular flexibility index (Phi) is 7.15. The number of nitrogens with zero attached hydrogens (tertiary/aromatic N) is 2. The van der Waals surface area contributed by atoms with Crippen LogP contribution in [0.1, 0.15) is 53.4 Å². The van der Waals surface area contributed by atoms with Crippen molar-refractivity contribution in [2.24, 2.45) is 0 Å². The number of pyridine rings is 1. The number of carboxylic acids is 1. The highest BCUT2D eigenvalue weighted by atomic mass is 32.1. The van der Waals surface area contributed by atoms with E-state index in [1.165, 1.54) is 0 Å². The second-order valence-electron chi connectivity index (χ2n) is 7.77. The molecule has 1 amide bonds. The zero-order valence-electron chi connectivity index (χ0n) is 17.7. The molecular formula is C21H20F6N2O4S. The lowest BCUT2D eigenvalue weighted by Crippen LogP contribution is -2.65. The highest BCUT2D eigenvalue weighted by Crippen LogP contribution is 2.41. The molecular weight excluding hydrogens is 490 g/mol. The molecule has 1 N–H and O–H groups in total. The van der Waals surface area contributed by atoms with Crippen LogP contribution in [0.3, 0.4) is 0 Å². The highest BCUT2D eigenvalue weighted by molar-refractivity contribution is 7.10. The molecule has 2 aromatic rings. The first-order chi connectivity index (χ1) is 15.8. The number of amides is 1. The monoisotopic (exact) mass is 510 g/mol. The first kappa shape index (κ1) is 25.8. The number of carbonyl (C=O) groups is 2. The van der Waals surface area contributed by atoms with E-state index in [1.54, 1.807) is 6.92 Å². The Balaban J connectivity index is 2.04. The minimum atomic E-state index is -4.85. The average Bonchev–Trinajstić information content (AvgIpc) is 3.23. The van der Waals surface area contributed by atoms with E-state index in [2.05, 4.69) is 4.98 Å². The lowest BCUT2D eigenvalue weighted by Gasteiger charge is -2.47. The predicted octanol–water partition coefficient (Wildman–Crippen LogP) is 5.49. The number of alkyl halides is 6. The number of thiophene rings is 1. The number of carbonyl (C=O) groups excluding carboxylic acids is 1. The van der Waals surface area contributed by atoms with Crippen molar-refractivity contribution >= 4 is 23.2 Å². The van der Waals surface area contributed by atoms with Crippen LogP contribution in [0.5, 0.6) is 5.75 Å². The Bertz CT molecular complexity index is 1050. The lowest BCUT2D eigenvalue weighted by atomic mass is 9.81. The van der Waals surface area contributed by atoms with E-state index >= 15 is 0 Å². The summed E-state index contributed by atoms with van der Waals surface area (Å²) in [6, 6.07) is 0.0886. The van der Waals surface area contributed by atoms with Gasteiger partial charge in [0, 0.05) is 36.8 Å². The van der Waals surface area contributed by atoms with Gasteiger partial charge in [0.25, 0.3) is 5.91 Å². The number of likely N-dealkylation sites (tertiary alicyclic amines) is 1. The van der Waals surface area contributed by atoms with Crippen molar-refractivity contribution in [3.8, 4) is 5.75 Å². The van der Waals surface area contributed by atoms with Crippen LogP contribution in [0.4, 0.5) is 26.3 Å². The molecule has 1 aliphatic heterocycles. The van der Waals surface area contributed by atoms with Gasteiger partial charge in [-0.25, -0.2) is 4.79 Å². The Morgan fingerprint density at radius 3 is 2.53 bits per heavy atom. The van der Waals surface area contributed by atoms with Gasteiger partial charge >= 0.3 is 18.3 Å². The smallest absolute Gasteiger partial charge is 0.425 e. The SMILES string of the molecule is CCCC1N(C(=O)c2cnccc2C(F)(F)F)CCCC1(Oc1csc(C(F)(F)F)c1)C(=O)O. The van der Waals surface area contributed by atoms with Gasteiger partial charge in [-0.05, 0) is 18.9 Å². The minimum Gasteiger partial charge on any atom is -0.478 e. The Morgan fingerprint density at radius 1 is 1.26 bits per heavy atom. The summed E-state index contributed by atoms with van der Waals surface area (Å²) >= 11 is 0.322. The van der Waals surface area contributed by atoms with Crippen molar-refractivity contribution in [2.45, 2.75) is 56.6 Å². The standard InChI is InChI=1S/C21H20F6N2O4S/c1-2-4-15-19(18(31)32,33-12-9-16(34-11-12)21(25,26)27)6-3-8-29(15)17(30)13-10-28-7-5-14(13)20(22,23)24/h5,7,9-11,15H,2-4,6,8H2,1H3,(H,31,32). The molecule has 3 rings (SSSR count). The molecule has 1 saturated heterocycles. The summed E-state index contributed by atoms with van der Waals surface area (Å²) in [4.78, 5) is 29.3. The van der Waals surface area contributed by atoms with Crippen molar-refractivity contribution in [1.82, 2.24) is 9.88 Å². The molecule has 2 unspecified atom stereocenters. The first-order valence-electron chi connectivity index (χ1n) is 10.2. The fourth-order valence-electron chi connectivity index (χ4n) is 4.10. The molecule has 1 aliphatic rings. The normalized spacial score (nSPS) is 21.4. The third kappa shape index (κ3) is 4.98. The predicted molar refractivity (Wildman–Crippen MR) is 109 cm³/mol. The van der Waals surface area contributed by atoms with Gasteiger partial charge in [0.05, 0.1) is 17.2 Å². The third-order valence-corrected chi connectivity index (χ3v) is 6.51. The molecule has 2 atom stereocenters. The van der Waals surface area contributed by atoms with Crippen LogP contribution in [0.25, 0.3) is 0 Å². The van der Waals surface area contributed by atoms with Gasteiger partial charge in [-0.1, -0.05) is 13.3 Å². The van der Waals surface area contributed by atoms with Crippen LogP contribution in [-0.2, 0) is 17.1 Å². The quantitative estimate of drug-likeness (QED) is 0.520. The van der Waals surface area contributed by atoms with E-state index < -0.39 is 51.9 Å². The van der Waals surface area contributed by atoms with E-state index in [-0.39, 0.29) is 31.6 Å². The van der Waals surface area contributed by atoms with Gasteiger partial charge in [-0.15, -0.1) is 11.3 Å². The Labute approximate surface area is 194 Å². The van der Waals surface area contributed by atoms with Crippen LogP contribution in [0.2, 0.25) is 0 Å². The van der Waals surface area contributed by atoms with Crippen LogP contribution in [-0.4, -0.2) is 45.1 Å². The van der Waals surface area contributed by atoms with Gasteiger partial charge in [-0.2, -0.15) is 26.3 Å². The van der Waals surface area contributed by atoms with E-state index in [4.69, 9.17) is 4.74 Å². The number of hydrogen-bond donors (Lipinski definition) is 1. The molecule has 34 heavy (non-hydrogen) atoms. The van der Waals surface area contributed by atoms with E-state index in [0.717, 1.165) is 22.7 Å². The second kappa shape index (κ2) is 9.43. The van der Waals surface area contributed by atoms with Crippen LogP contribution < -0.4 is 4.74 Å². The Hall–Kier alpha value is -2.83. The maximum absolute atomic E-state index is 13.5. The maximum Gasteiger partial charge on any atom is 0.425 e. The first-order valence-corrected chi connectivity index (χ1v) is 11.1. The second-order valence-corrected chi connectivity index (χ2v) is 8.68. The number of carboxylic acid groups (broad SMARTS) is 1. The topological polar surface area (TPSA) is 79.7 Å².